The number of carbonyl (C=O) groups is 3. The summed E-state index contributed by atoms with van der Waals surface area (Å²) >= 11 is 5.86. The molecule has 1 heterocycles. The van der Waals surface area contributed by atoms with Gasteiger partial charge >= 0.3 is 6.03 Å². The number of nitrogens with zero attached hydrogens (tertiary/aromatic N) is 3. The highest BCUT2D eigenvalue weighted by atomic mass is 35.5. The number of hydrogen-bond acceptors (Lipinski definition) is 7. The number of hydrogen-bond donors (Lipinski definition) is 4. The average Bonchev–Trinajstić information content (AvgIpc) is 2.90. The maximum atomic E-state index is 12.6. The Hall–Kier alpha value is -3.93. The summed E-state index contributed by atoms with van der Waals surface area (Å²) in [6.45, 7) is 3.59. The van der Waals surface area contributed by atoms with Gasteiger partial charge in [0.15, 0.2) is 5.82 Å². The standard InChI is InChI=1S/C27H32ClN7O4.ClH/c1-18-16-32-24(17-31-18)34-27(38)33-22-15-20(26(37)30-12-13-35(2)3)7-10-23(22)39-14-4-11-29-25(36)19-5-8-21(28)9-6-19;/h5-10,15-17H,4,11-14H2,1-3H3,(H,29,36)(H,30,37)(H2,32,33,34,38);1H. The van der Waals surface area contributed by atoms with E-state index in [4.69, 9.17) is 16.3 Å². The molecule has 0 aliphatic rings. The Morgan fingerprint density at radius 2 is 1.57 bits per heavy atom. The van der Waals surface area contributed by atoms with Crippen molar-refractivity contribution in [1.82, 2.24) is 25.5 Å². The van der Waals surface area contributed by atoms with Gasteiger partial charge < -0.3 is 25.6 Å². The van der Waals surface area contributed by atoms with Crippen LogP contribution >= 0.6 is 24.0 Å². The van der Waals surface area contributed by atoms with E-state index < -0.39 is 6.03 Å². The lowest BCUT2D eigenvalue weighted by molar-refractivity contribution is 0.0943. The molecular formula is C27H33Cl2N7O4. The predicted octanol–water partition coefficient (Wildman–Crippen LogP) is 3.99. The molecule has 0 saturated heterocycles. The van der Waals surface area contributed by atoms with Crippen molar-refractivity contribution in [3.63, 3.8) is 0 Å². The first-order valence-corrected chi connectivity index (χ1v) is 12.7. The number of anilines is 2. The number of aromatic nitrogens is 2. The van der Waals surface area contributed by atoms with Crippen molar-refractivity contribution in [2.24, 2.45) is 0 Å². The minimum absolute atomic E-state index is 0. The Labute approximate surface area is 244 Å². The van der Waals surface area contributed by atoms with Gasteiger partial charge in [0.25, 0.3) is 11.8 Å². The first-order valence-electron chi connectivity index (χ1n) is 12.3. The van der Waals surface area contributed by atoms with Crippen LogP contribution in [0, 0.1) is 6.92 Å². The summed E-state index contributed by atoms with van der Waals surface area (Å²) in [5, 5.41) is 11.6. The lowest BCUT2D eigenvalue weighted by atomic mass is 10.1. The number of halogens is 2. The summed E-state index contributed by atoms with van der Waals surface area (Å²) in [5.74, 6) is 0.152. The molecule has 3 rings (SSSR count). The van der Waals surface area contributed by atoms with Crippen LogP contribution < -0.4 is 26.0 Å². The van der Waals surface area contributed by atoms with Crippen LogP contribution in [-0.4, -0.2) is 73.0 Å². The van der Waals surface area contributed by atoms with E-state index in [2.05, 4.69) is 31.2 Å². The third-order valence-electron chi connectivity index (χ3n) is 5.33. The van der Waals surface area contributed by atoms with E-state index in [-0.39, 0.29) is 36.6 Å². The second-order valence-electron chi connectivity index (χ2n) is 8.86. The third kappa shape index (κ3) is 10.7. The molecule has 4 amide bonds. The van der Waals surface area contributed by atoms with Crippen LogP contribution in [-0.2, 0) is 0 Å². The highest BCUT2D eigenvalue weighted by molar-refractivity contribution is 6.30. The number of ether oxygens (including phenoxy) is 1. The van der Waals surface area contributed by atoms with Crippen LogP contribution in [0.4, 0.5) is 16.3 Å². The Kier molecular flexibility index (Phi) is 13.1. The highest BCUT2D eigenvalue weighted by Crippen LogP contribution is 2.26. The maximum absolute atomic E-state index is 12.6. The van der Waals surface area contributed by atoms with Crippen molar-refractivity contribution in [3.05, 3.63) is 76.7 Å². The summed E-state index contributed by atoms with van der Waals surface area (Å²) < 4.78 is 5.88. The normalized spacial score (nSPS) is 10.3. The molecule has 4 N–H and O–H groups in total. The third-order valence-corrected chi connectivity index (χ3v) is 5.58. The van der Waals surface area contributed by atoms with E-state index in [9.17, 15) is 14.4 Å². The number of nitrogens with one attached hydrogen (secondary N) is 4. The van der Waals surface area contributed by atoms with E-state index in [0.717, 1.165) is 0 Å². The SMILES string of the molecule is Cc1cnc(NC(=O)Nc2cc(C(=O)NCCN(C)C)ccc2OCCCNC(=O)c2ccc(Cl)cc2)cn1.Cl. The molecule has 2 aromatic carbocycles. The molecule has 0 spiro atoms. The zero-order valence-corrected chi connectivity index (χ0v) is 24.1. The van der Waals surface area contributed by atoms with Gasteiger partial charge in [0.2, 0.25) is 0 Å². The Morgan fingerprint density at radius 3 is 2.25 bits per heavy atom. The molecule has 0 saturated carbocycles. The number of amides is 4. The fourth-order valence-electron chi connectivity index (χ4n) is 3.28. The number of carbonyl (C=O) groups excluding carboxylic acids is 3. The Balaban J connectivity index is 0.00000560. The number of urea groups is 1. The van der Waals surface area contributed by atoms with E-state index in [1.807, 2.05) is 19.0 Å². The van der Waals surface area contributed by atoms with Gasteiger partial charge in [-0.1, -0.05) is 11.6 Å². The van der Waals surface area contributed by atoms with E-state index in [0.29, 0.717) is 59.3 Å². The lowest BCUT2D eigenvalue weighted by Crippen LogP contribution is -2.31. The number of aryl methyl sites for hydroxylation is 1. The molecule has 0 aliphatic heterocycles. The van der Waals surface area contributed by atoms with Gasteiger partial charge in [0.05, 0.1) is 30.4 Å². The van der Waals surface area contributed by atoms with Gasteiger partial charge in [0.1, 0.15) is 5.75 Å². The van der Waals surface area contributed by atoms with Gasteiger partial charge in [-0.25, -0.2) is 9.78 Å². The van der Waals surface area contributed by atoms with Crippen molar-refractivity contribution >= 4 is 53.4 Å². The first kappa shape index (κ1) is 32.3. The molecule has 0 radical (unpaired) electrons. The fourth-order valence-corrected chi connectivity index (χ4v) is 3.40. The summed E-state index contributed by atoms with van der Waals surface area (Å²) in [6.07, 6.45) is 3.49. The molecule has 13 heteroatoms. The fraction of sp³-hybridized carbons (Fsp3) is 0.296. The highest BCUT2D eigenvalue weighted by Gasteiger charge is 2.14. The van der Waals surface area contributed by atoms with Crippen LogP contribution in [0.2, 0.25) is 5.02 Å². The molecule has 1 aromatic heterocycles. The van der Waals surface area contributed by atoms with Crippen molar-refractivity contribution in [3.8, 4) is 5.75 Å². The second-order valence-corrected chi connectivity index (χ2v) is 9.29. The lowest BCUT2D eigenvalue weighted by Gasteiger charge is -2.15. The average molecular weight is 591 g/mol. The van der Waals surface area contributed by atoms with Crippen LogP contribution in [0.15, 0.2) is 54.9 Å². The van der Waals surface area contributed by atoms with Gasteiger partial charge in [-0.2, -0.15) is 0 Å². The molecule has 0 fully saturated rings. The van der Waals surface area contributed by atoms with Gasteiger partial charge in [0, 0.05) is 35.8 Å². The zero-order valence-electron chi connectivity index (χ0n) is 22.5. The zero-order chi connectivity index (χ0) is 28.2. The minimum atomic E-state index is -0.571. The molecule has 0 bridgehead atoms. The molecule has 0 aliphatic carbocycles. The molecule has 11 nitrogen and oxygen atoms in total. The minimum Gasteiger partial charge on any atom is -0.491 e. The van der Waals surface area contributed by atoms with Crippen molar-refractivity contribution in [2.75, 3.05) is 51.0 Å². The summed E-state index contributed by atoms with van der Waals surface area (Å²) in [7, 11) is 3.83. The first-order chi connectivity index (χ1) is 18.7. The smallest absolute Gasteiger partial charge is 0.324 e. The van der Waals surface area contributed by atoms with E-state index in [1.54, 1.807) is 49.4 Å². The van der Waals surface area contributed by atoms with Crippen molar-refractivity contribution in [1.29, 1.82) is 0 Å². The van der Waals surface area contributed by atoms with Crippen LogP contribution in [0.5, 0.6) is 5.75 Å². The van der Waals surface area contributed by atoms with Crippen molar-refractivity contribution in [2.45, 2.75) is 13.3 Å². The monoisotopic (exact) mass is 589 g/mol. The van der Waals surface area contributed by atoms with Crippen molar-refractivity contribution < 1.29 is 19.1 Å². The largest absolute Gasteiger partial charge is 0.491 e. The van der Waals surface area contributed by atoms with E-state index in [1.165, 1.54) is 12.4 Å². The van der Waals surface area contributed by atoms with Crippen LogP contribution in [0.25, 0.3) is 0 Å². The second kappa shape index (κ2) is 16.2. The summed E-state index contributed by atoms with van der Waals surface area (Å²) in [4.78, 5) is 47.7. The molecule has 40 heavy (non-hydrogen) atoms. The summed E-state index contributed by atoms with van der Waals surface area (Å²) in [6, 6.07) is 10.8. The van der Waals surface area contributed by atoms with Crippen LogP contribution in [0.3, 0.4) is 0 Å². The van der Waals surface area contributed by atoms with Gasteiger partial charge in [-0.15, -0.1) is 12.4 Å². The number of likely N-dealkylation sites (N-methyl/N-ethyl adjacent to an activating group) is 1. The van der Waals surface area contributed by atoms with Gasteiger partial charge in [-0.3, -0.25) is 19.9 Å². The Bertz CT molecular complexity index is 1270. The quantitative estimate of drug-likeness (QED) is 0.234. The Morgan fingerprint density at radius 1 is 0.900 bits per heavy atom. The number of rotatable bonds is 12. The van der Waals surface area contributed by atoms with Crippen LogP contribution in [0.1, 0.15) is 32.8 Å². The van der Waals surface area contributed by atoms with Gasteiger partial charge in [-0.05, 0) is 69.9 Å². The number of benzene rings is 2. The molecular weight excluding hydrogens is 557 g/mol. The molecule has 0 atom stereocenters. The van der Waals surface area contributed by atoms with E-state index >= 15 is 0 Å². The topological polar surface area (TPSA) is 138 Å². The predicted molar refractivity (Wildman–Crippen MR) is 158 cm³/mol. The summed E-state index contributed by atoms with van der Waals surface area (Å²) in [5.41, 5.74) is 1.89. The molecule has 214 valence electrons. The molecule has 3 aromatic rings. The maximum Gasteiger partial charge on any atom is 0.324 e. The molecule has 0 unspecified atom stereocenters.